The first kappa shape index (κ1) is 21.8. The molecule has 3 amide bonds. The van der Waals surface area contributed by atoms with E-state index < -0.39 is 24.5 Å². The van der Waals surface area contributed by atoms with Crippen LogP contribution in [0, 0.1) is 0 Å². The lowest BCUT2D eigenvalue weighted by molar-refractivity contribution is -0.143. The summed E-state index contributed by atoms with van der Waals surface area (Å²) in [5, 5.41) is 4.53. The molecule has 0 unspecified atom stereocenters. The topological polar surface area (TPSA) is 103 Å². The van der Waals surface area contributed by atoms with Crippen molar-refractivity contribution in [3.63, 3.8) is 0 Å². The van der Waals surface area contributed by atoms with Gasteiger partial charge in [-0.1, -0.05) is 18.7 Å². The molecule has 8 nitrogen and oxygen atoms in total. The summed E-state index contributed by atoms with van der Waals surface area (Å²) in [5.41, 5.74) is 0.676. The minimum absolute atomic E-state index is 0.117. The van der Waals surface area contributed by atoms with E-state index in [1.54, 1.807) is 38.1 Å². The molecule has 1 aromatic rings. The molecule has 0 saturated carbocycles. The highest BCUT2D eigenvalue weighted by atomic mass is 16.5. The van der Waals surface area contributed by atoms with Gasteiger partial charge in [-0.15, -0.1) is 0 Å². The van der Waals surface area contributed by atoms with E-state index in [9.17, 15) is 14.4 Å². The summed E-state index contributed by atoms with van der Waals surface area (Å²) in [6, 6.07) is 4.36. The molecule has 2 N–H and O–H groups in total. The Kier molecular flexibility index (Phi) is 9.14. The molecule has 0 aliphatic heterocycles. The van der Waals surface area contributed by atoms with Crippen LogP contribution in [0.3, 0.4) is 0 Å². The van der Waals surface area contributed by atoms with Gasteiger partial charge in [0.15, 0.2) is 18.1 Å². The molecular formula is C19H24N2O6. The molecule has 0 bridgehead atoms. The van der Waals surface area contributed by atoms with Gasteiger partial charge in [0.05, 0.1) is 7.11 Å². The van der Waals surface area contributed by atoms with Crippen LogP contribution in [-0.2, 0) is 14.3 Å². The number of urea groups is 1. The van der Waals surface area contributed by atoms with Gasteiger partial charge in [-0.2, -0.15) is 0 Å². The molecule has 1 rings (SSSR count). The van der Waals surface area contributed by atoms with Gasteiger partial charge in [0, 0.05) is 12.1 Å². The predicted octanol–water partition coefficient (Wildman–Crippen LogP) is 2.05. The van der Waals surface area contributed by atoms with Crippen molar-refractivity contribution >= 4 is 24.0 Å². The Hall–Kier alpha value is -3.29. The van der Waals surface area contributed by atoms with Gasteiger partial charge in [-0.25, -0.2) is 9.59 Å². The van der Waals surface area contributed by atoms with Crippen LogP contribution in [0.25, 0.3) is 6.08 Å². The first-order valence-electron chi connectivity index (χ1n) is 8.22. The highest BCUT2D eigenvalue weighted by molar-refractivity contribution is 5.96. The maximum absolute atomic E-state index is 11.7. The summed E-state index contributed by atoms with van der Waals surface area (Å²) in [4.78, 5) is 34.5. The standard InChI is InChI=1S/C19H24N2O6/c1-5-10-26-15-8-6-14(11-16(15)25-4)7-9-18(23)27-12-17(22)21-19(24)20-13(2)3/h5-9,11,13H,1,10,12H2,2-4H3,(H2,20,21,22,24)/b9-7+. The molecule has 0 spiro atoms. The number of methoxy groups -OCH3 is 1. The molecule has 8 heteroatoms. The van der Waals surface area contributed by atoms with Gasteiger partial charge < -0.3 is 19.5 Å². The molecule has 0 radical (unpaired) electrons. The molecule has 0 saturated heterocycles. The number of hydrogen-bond donors (Lipinski definition) is 2. The number of nitrogens with one attached hydrogen (secondary N) is 2. The van der Waals surface area contributed by atoms with Gasteiger partial charge in [-0.3, -0.25) is 10.1 Å². The van der Waals surface area contributed by atoms with E-state index >= 15 is 0 Å². The van der Waals surface area contributed by atoms with E-state index in [0.717, 1.165) is 0 Å². The van der Waals surface area contributed by atoms with Crippen LogP contribution >= 0.6 is 0 Å². The molecule has 0 aliphatic carbocycles. The molecule has 0 aliphatic rings. The number of benzene rings is 1. The van der Waals surface area contributed by atoms with Crippen molar-refractivity contribution in [1.29, 1.82) is 0 Å². The lowest BCUT2D eigenvalue weighted by atomic mass is 10.2. The quantitative estimate of drug-likeness (QED) is 0.388. The molecule has 146 valence electrons. The molecule has 0 heterocycles. The number of carbonyl (C=O) groups is 3. The van der Waals surface area contributed by atoms with Crippen LogP contribution in [0.15, 0.2) is 36.9 Å². The molecule has 0 atom stereocenters. The summed E-state index contributed by atoms with van der Waals surface area (Å²) in [7, 11) is 1.51. The van der Waals surface area contributed by atoms with Gasteiger partial charge >= 0.3 is 12.0 Å². The third-order valence-corrected chi connectivity index (χ3v) is 2.97. The van der Waals surface area contributed by atoms with Crippen LogP contribution in [0.5, 0.6) is 11.5 Å². The van der Waals surface area contributed by atoms with Crippen LogP contribution in [0.1, 0.15) is 19.4 Å². The number of imide groups is 1. The number of amides is 3. The third kappa shape index (κ3) is 8.57. The first-order valence-corrected chi connectivity index (χ1v) is 8.22. The number of hydrogen-bond acceptors (Lipinski definition) is 6. The van der Waals surface area contributed by atoms with E-state index in [-0.39, 0.29) is 6.04 Å². The van der Waals surface area contributed by atoms with Crippen molar-refractivity contribution in [3.05, 3.63) is 42.5 Å². The minimum Gasteiger partial charge on any atom is -0.493 e. The van der Waals surface area contributed by atoms with Gasteiger partial charge in [0.1, 0.15) is 6.61 Å². The lowest BCUT2D eigenvalue weighted by Gasteiger charge is -2.10. The number of esters is 1. The Morgan fingerprint density at radius 2 is 1.96 bits per heavy atom. The van der Waals surface area contributed by atoms with Crippen LogP contribution < -0.4 is 20.1 Å². The van der Waals surface area contributed by atoms with E-state index in [1.165, 1.54) is 19.3 Å². The first-order chi connectivity index (χ1) is 12.8. The second-order valence-electron chi connectivity index (χ2n) is 5.63. The van der Waals surface area contributed by atoms with Gasteiger partial charge in [-0.05, 0) is 37.6 Å². The highest BCUT2D eigenvalue weighted by Crippen LogP contribution is 2.28. The fraction of sp³-hybridized carbons (Fsp3) is 0.316. The summed E-state index contributed by atoms with van der Waals surface area (Å²) in [6.45, 7) is 6.86. The van der Waals surface area contributed by atoms with Crippen LogP contribution in [-0.4, -0.2) is 44.3 Å². The van der Waals surface area contributed by atoms with Crippen molar-refractivity contribution in [2.75, 3.05) is 20.3 Å². The maximum Gasteiger partial charge on any atom is 0.331 e. The molecular weight excluding hydrogens is 352 g/mol. The van der Waals surface area contributed by atoms with E-state index in [1.807, 2.05) is 0 Å². The Balaban J connectivity index is 2.54. The zero-order valence-corrected chi connectivity index (χ0v) is 15.6. The molecule has 27 heavy (non-hydrogen) atoms. The smallest absolute Gasteiger partial charge is 0.331 e. The number of carbonyl (C=O) groups excluding carboxylic acids is 3. The average Bonchev–Trinajstić information content (AvgIpc) is 2.62. The average molecular weight is 376 g/mol. The summed E-state index contributed by atoms with van der Waals surface area (Å²) >= 11 is 0. The molecule has 0 fully saturated rings. The van der Waals surface area contributed by atoms with Crippen molar-refractivity contribution in [1.82, 2.24) is 10.6 Å². The normalized spacial score (nSPS) is 10.4. The van der Waals surface area contributed by atoms with E-state index in [0.29, 0.717) is 23.7 Å². The highest BCUT2D eigenvalue weighted by Gasteiger charge is 2.10. The Morgan fingerprint density at radius 1 is 1.22 bits per heavy atom. The Labute approximate surface area is 158 Å². The molecule has 0 aromatic heterocycles. The lowest BCUT2D eigenvalue weighted by Crippen LogP contribution is -2.43. The van der Waals surface area contributed by atoms with Crippen molar-refractivity contribution < 1.29 is 28.6 Å². The van der Waals surface area contributed by atoms with E-state index in [4.69, 9.17) is 14.2 Å². The Bertz CT molecular complexity index is 712. The SMILES string of the molecule is C=CCOc1ccc(/C=C/C(=O)OCC(=O)NC(=O)NC(C)C)cc1OC. The van der Waals surface area contributed by atoms with Crippen molar-refractivity contribution in [2.24, 2.45) is 0 Å². The minimum atomic E-state index is -0.722. The summed E-state index contributed by atoms with van der Waals surface area (Å²) in [6.07, 6.45) is 4.29. The fourth-order valence-corrected chi connectivity index (χ4v) is 1.87. The third-order valence-electron chi connectivity index (χ3n) is 2.97. The summed E-state index contributed by atoms with van der Waals surface area (Å²) in [5.74, 6) is -0.392. The van der Waals surface area contributed by atoms with E-state index in [2.05, 4.69) is 17.2 Å². The van der Waals surface area contributed by atoms with Gasteiger partial charge in [0.2, 0.25) is 0 Å². The maximum atomic E-state index is 11.7. The second-order valence-corrected chi connectivity index (χ2v) is 5.63. The largest absolute Gasteiger partial charge is 0.493 e. The second kappa shape index (κ2) is 11.3. The Morgan fingerprint density at radius 3 is 2.59 bits per heavy atom. The predicted molar refractivity (Wildman–Crippen MR) is 100 cm³/mol. The van der Waals surface area contributed by atoms with Gasteiger partial charge in [0.25, 0.3) is 5.91 Å². The fourth-order valence-electron chi connectivity index (χ4n) is 1.87. The van der Waals surface area contributed by atoms with Crippen LogP contribution in [0.4, 0.5) is 4.79 Å². The molecule has 1 aromatic carbocycles. The monoisotopic (exact) mass is 376 g/mol. The van der Waals surface area contributed by atoms with Crippen LogP contribution in [0.2, 0.25) is 0 Å². The van der Waals surface area contributed by atoms with Crippen molar-refractivity contribution in [3.8, 4) is 11.5 Å². The number of rotatable bonds is 9. The summed E-state index contributed by atoms with van der Waals surface area (Å²) < 4.78 is 15.5. The zero-order valence-electron chi connectivity index (χ0n) is 15.6. The van der Waals surface area contributed by atoms with Crippen molar-refractivity contribution in [2.45, 2.75) is 19.9 Å². The zero-order chi connectivity index (χ0) is 20.2. The number of ether oxygens (including phenoxy) is 3.